The van der Waals surface area contributed by atoms with Crippen LogP contribution in [-0.2, 0) is 13.9 Å². The molecule has 0 saturated heterocycles. The maximum atomic E-state index is 11.0. The summed E-state index contributed by atoms with van der Waals surface area (Å²) in [6.45, 7) is -0.878. The lowest BCUT2D eigenvalue weighted by Gasteiger charge is -2.30. The second-order valence-electron chi connectivity index (χ2n) is 3.29. The van der Waals surface area contributed by atoms with Crippen LogP contribution in [0.3, 0.4) is 0 Å². The summed E-state index contributed by atoms with van der Waals surface area (Å²) in [6.07, 6.45) is -0.769. The SMILES string of the molecule is NC(CCNCC(=O)O)(P(=O)(O)O)P(=O)(O)O. The number of nitrogens with two attached hydrogens (primary N) is 1. The summed E-state index contributed by atoms with van der Waals surface area (Å²) in [6, 6.07) is 0. The minimum absolute atomic E-state index is 0.362. The summed E-state index contributed by atoms with van der Waals surface area (Å²) in [5.41, 5.74) is 5.06. The second kappa shape index (κ2) is 5.55. The van der Waals surface area contributed by atoms with Gasteiger partial charge in [-0.2, -0.15) is 0 Å². The molecule has 12 heteroatoms. The number of carbonyl (C=O) groups is 1. The molecule has 0 atom stereocenters. The molecule has 0 unspecified atom stereocenters. The average Bonchev–Trinajstić information content (AvgIpc) is 2.07. The van der Waals surface area contributed by atoms with E-state index in [0.29, 0.717) is 0 Å². The lowest BCUT2D eigenvalue weighted by atomic mass is 10.4. The van der Waals surface area contributed by atoms with Crippen LogP contribution in [0.5, 0.6) is 0 Å². The topological polar surface area (TPSA) is 190 Å². The molecule has 0 rings (SSSR count). The highest BCUT2D eigenvalue weighted by Gasteiger charge is 2.56. The van der Waals surface area contributed by atoms with Crippen LogP contribution < -0.4 is 11.1 Å². The summed E-state index contributed by atoms with van der Waals surface area (Å²) in [4.78, 5) is 45.4. The quantitative estimate of drug-likeness (QED) is 0.204. The predicted octanol–water partition coefficient (Wildman–Crippen LogP) is -1.98. The Balaban J connectivity index is 4.72. The van der Waals surface area contributed by atoms with E-state index in [2.05, 4.69) is 5.32 Å². The molecule has 0 bridgehead atoms. The maximum Gasteiger partial charge on any atom is 0.357 e. The van der Waals surface area contributed by atoms with Gasteiger partial charge in [-0.25, -0.2) is 0 Å². The highest BCUT2D eigenvalue weighted by Crippen LogP contribution is 2.67. The van der Waals surface area contributed by atoms with Crippen LogP contribution in [0.4, 0.5) is 0 Å². The van der Waals surface area contributed by atoms with Gasteiger partial charge < -0.3 is 35.7 Å². The van der Waals surface area contributed by atoms with E-state index in [1.165, 1.54) is 0 Å². The van der Waals surface area contributed by atoms with Gasteiger partial charge in [0.2, 0.25) is 5.02 Å². The number of rotatable bonds is 7. The Labute approximate surface area is 96.1 Å². The van der Waals surface area contributed by atoms with Crippen molar-refractivity contribution in [1.82, 2.24) is 5.32 Å². The monoisotopic (exact) mass is 292 g/mol. The van der Waals surface area contributed by atoms with E-state index in [1.54, 1.807) is 0 Å². The van der Waals surface area contributed by atoms with Gasteiger partial charge in [0.1, 0.15) is 0 Å². The van der Waals surface area contributed by atoms with Crippen molar-refractivity contribution >= 4 is 21.2 Å². The molecule has 0 radical (unpaired) electrons. The highest BCUT2D eigenvalue weighted by molar-refractivity contribution is 7.72. The lowest BCUT2D eigenvalue weighted by molar-refractivity contribution is -0.135. The van der Waals surface area contributed by atoms with Crippen molar-refractivity contribution in [1.29, 1.82) is 0 Å². The first-order valence-electron chi connectivity index (χ1n) is 4.24. The smallest absolute Gasteiger partial charge is 0.357 e. The van der Waals surface area contributed by atoms with Crippen molar-refractivity contribution in [2.75, 3.05) is 13.1 Å². The zero-order valence-corrected chi connectivity index (χ0v) is 10.3. The lowest BCUT2D eigenvalue weighted by Crippen LogP contribution is -2.42. The third-order valence-electron chi connectivity index (χ3n) is 1.95. The van der Waals surface area contributed by atoms with Crippen molar-refractivity contribution in [2.24, 2.45) is 5.73 Å². The molecule has 102 valence electrons. The Morgan fingerprint density at radius 3 is 1.88 bits per heavy atom. The molecule has 0 aromatic heterocycles. The minimum atomic E-state index is -5.25. The molecule has 0 heterocycles. The van der Waals surface area contributed by atoms with Gasteiger partial charge >= 0.3 is 21.2 Å². The summed E-state index contributed by atoms with van der Waals surface area (Å²) >= 11 is 0. The van der Waals surface area contributed by atoms with Gasteiger partial charge in [-0.1, -0.05) is 0 Å². The molecule has 17 heavy (non-hydrogen) atoms. The first-order chi connectivity index (χ1) is 7.42. The number of carboxylic acids is 1. The third kappa shape index (κ3) is 4.46. The van der Waals surface area contributed by atoms with Crippen molar-refractivity contribution in [2.45, 2.75) is 11.4 Å². The van der Waals surface area contributed by atoms with Gasteiger partial charge in [0.25, 0.3) is 0 Å². The fourth-order valence-electron chi connectivity index (χ4n) is 0.929. The molecule has 0 saturated carbocycles. The van der Waals surface area contributed by atoms with Gasteiger partial charge in [0, 0.05) is 6.42 Å². The highest BCUT2D eigenvalue weighted by atomic mass is 31.2. The van der Waals surface area contributed by atoms with Gasteiger partial charge in [-0.05, 0) is 6.54 Å². The third-order valence-corrected chi connectivity index (χ3v) is 5.98. The van der Waals surface area contributed by atoms with E-state index in [4.69, 9.17) is 30.4 Å². The Kier molecular flexibility index (Phi) is 5.45. The number of hydrogen-bond acceptors (Lipinski definition) is 5. The Morgan fingerprint density at radius 1 is 1.18 bits per heavy atom. The molecule has 0 aromatic rings. The molecule has 0 fully saturated rings. The molecule has 0 aliphatic heterocycles. The zero-order valence-electron chi connectivity index (χ0n) is 8.55. The number of carboxylic acid groups (broad SMARTS) is 1. The van der Waals surface area contributed by atoms with Gasteiger partial charge in [-0.15, -0.1) is 0 Å². The number of aliphatic carboxylic acids is 1. The standard InChI is InChI=1S/C5H14N2O8P2/c6-5(16(10,11)12,17(13,14)15)1-2-7-3-4(8)9/h7H,1-3,6H2,(H,8,9)(H2,10,11,12)(H2,13,14,15). The summed E-state index contributed by atoms with van der Waals surface area (Å²) in [5, 5.41) is 7.47. The molecular formula is C5H14N2O8P2. The molecule has 0 aliphatic carbocycles. The van der Waals surface area contributed by atoms with Crippen LogP contribution in [0.25, 0.3) is 0 Å². The fraction of sp³-hybridized carbons (Fsp3) is 0.800. The Morgan fingerprint density at radius 2 is 1.59 bits per heavy atom. The van der Waals surface area contributed by atoms with Gasteiger partial charge in [-0.3, -0.25) is 13.9 Å². The Hall–Kier alpha value is -0.310. The van der Waals surface area contributed by atoms with Gasteiger partial charge in [0.15, 0.2) is 0 Å². The van der Waals surface area contributed by atoms with Crippen LogP contribution in [-0.4, -0.2) is 48.8 Å². The average molecular weight is 292 g/mol. The predicted molar refractivity (Wildman–Crippen MR) is 56.1 cm³/mol. The molecule has 10 nitrogen and oxygen atoms in total. The van der Waals surface area contributed by atoms with E-state index >= 15 is 0 Å². The summed E-state index contributed by atoms with van der Waals surface area (Å²) in [5.74, 6) is -1.22. The van der Waals surface area contributed by atoms with Crippen LogP contribution in [0, 0.1) is 0 Å². The van der Waals surface area contributed by atoms with Crippen molar-refractivity contribution < 1.29 is 38.6 Å². The van der Waals surface area contributed by atoms with E-state index in [-0.39, 0.29) is 6.54 Å². The van der Waals surface area contributed by atoms with E-state index in [9.17, 15) is 13.9 Å². The van der Waals surface area contributed by atoms with E-state index in [1.807, 2.05) is 0 Å². The van der Waals surface area contributed by atoms with Gasteiger partial charge in [0.05, 0.1) is 6.54 Å². The summed E-state index contributed by atoms with van der Waals surface area (Å²) < 4.78 is 21.9. The maximum absolute atomic E-state index is 11.0. The number of hydrogen-bond donors (Lipinski definition) is 7. The van der Waals surface area contributed by atoms with Crippen molar-refractivity contribution in [3.63, 3.8) is 0 Å². The fourth-order valence-corrected chi connectivity index (χ4v) is 3.09. The molecule has 0 aromatic carbocycles. The number of nitrogens with one attached hydrogen (secondary N) is 1. The van der Waals surface area contributed by atoms with Crippen LogP contribution in [0.2, 0.25) is 0 Å². The Bertz CT molecular complexity index is 350. The van der Waals surface area contributed by atoms with Crippen LogP contribution in [0.15, 0.2) is 0 Å². The summed E-state index contributed by atoms with van der Waals surface area (Å²) in [7, 11) is -10.5. The van der Waals surface area contributed by atoms with Crippen molar-refractivity contribution in [3.05, 3.63) is 0 Å². The zero-order chi connectivity index (χ0) is 13.9. The molecular weight excluding hydrogens is 278 g/mol. The molecule has 0 aliphatic rings. The molecule has 8 N–H and O–H groups in total. The second-order valence-corrected chi connectivity index (χ2v) is 7.41. The van der Waals surface area contributed by atoms with Crippen LogP contribution >= 0.6 is 15.2 Å². The minimum Gasteiger partial charge on any atom is -0.480 e. The van der Waals surface area contributed by atoms with Crippen LogP contribution in [0.1, 0.15) is 6.42 Å². The first kappa shape index (κ1) is 16.7. The molecule has 0 spiro atoms. The van der Waals surface area contributed by atoms with Crippen molar-refractivity contribution in [3.8, 4) is 0 Å². The first-order valence-corrected chi connectivity index (χ1v) is 7.47. The largest absolute Gasteiger partial charge is 0.480 e. The molecule has 0 amide bonds. The van der Waals surface area contributed by atoms with E-state index < -0.39 is 39.1 Å². The van der Waals surface area contributed by atoms with E-state index in [0.717, 1.165) is 0 Å². The normalized spacial score (nSPS) is 13.7.